The molecule has 1 unspecified atom stereocenters. The van der Waals surface area contributed by atoms with Crippen LogP contribution in [0.25, 0.3) is 0 Å². The van der Waals surface area contributed by atoms with Crippen molar-refractivity contribution < 1.29 is 13.2 Å². The first-order valence-corrected chi connectivity index (χ1v) is 12.2. The van der Waals surface area contributed by atoms with Gasteiger partial charge in [-0.15, -0.1) is 0 Å². The summed E-state index contributed by atoms with van der Waals surface area (Å²) in [6.45, 7) is 3.41. The maximum Gasteiger partial charge on any atom is 0.253 e. The number of anilines is 1. The van der Waals surface area contributed by atoms with Crippen LogP contribution in [-0.4, -0.2) is 57.8 Å². The van der Waals surface area contributed by atoms with Crippen molar-refractivity contribution in [2.45, 2.75) is 31.2 Å². The van der Waals surface area contributed by atoms with Crippen molar-refractivity contribution in [3.05, 3.63) is 58.6 Å². The average molecular weight is 464 g/mol. The second-order valence-electron chi connectivity index (χ2n) is 8.48. The van der Waals surface area contributed by atoms with E-state index in [1.165, 1.54) is 16.4 Å². The third-order valence-electron chi connectivity index (χ3n) is 5.63. The molecule has 6 nitrogen and oxygen atoms in total. The van der Waals surface area contributed by atoms with Gasteiger partial charge in [-0.1, -0.05) is 30.7 Å². The molecule has 1 atom stereocenters. The topological polar surface area (TPSA) is 60.9 Å². The number of amides is 1. The molecule has 2 aromatic rings. The molecule has 0 N–H and O–H groups in total. The Labute approximate surface area is 190 Å². The van der Waals surface area contributed by atoms with Gasteiger partial charge >= 0.3 is 0 Å². The zero-order valence-electron chi connectivity index (χ0n) is 18.5. The summed E-state index contributed by atoms with van der Waals surface area (Å²) in [6.07, 6.45) is 1.84. The zero-order valence-corrected chi connectivity index (χ0v) is 20.1. The average Bonchev–Trinajstić information content (AvgIpc) is 2.73. The van der Waals surface area contributed by atoms with Crippen molar-refractivity contribution >= 4 is 33.2 Å². The van der Waals surface area contributed by atoms with E-state index in [4.69, 9.17) is 11.6 Å². The minimum absolute atomic E-state index is 0.00199. The summed E-state index contributed by atoms with van der Waals surface area (Å²) in [5, 5.41) is 0.136. The minimum Gasteiger partial charge on any atom is -0.378 e. The lowest BCUT2D eigenvalue weighted by Gasteiger charge is -2.30. The van der Waals surface area contributed by atoms with Crippen LogP contribution < -0.4 is 4.90 Å². The molecule has 8 heteroatoms. The number of hydrogen-bond acceptors (Lipinski definition) is 4. The predicted octanol–water partition coefficient (Wildman–Crippen LogP) is 4.10. The molecule has 0 aliphatic carbocycles. The monoisotopic (exact) mass is 463 g/mol. The highest BCUT2D eigenvalue weighted by Gasteiger charge is 2.31. The first kappa shape index (κ1) is 23.6. The molecule has 1 fully saturated rings. The highest BCUT2D eigenvalue weighted by Crippen LogP contribution is 2.29. The Morgan fingerprint density at radius 3 is 2.42 bits per heavy atom. The van der Waals surface area contributed by atoms with Gasteiger partial charge in [0.05, 0.1) is 5.02 Å². The molecule has 168 valence electrons. The molecule has 0 saturated carbocycles. The molecule has 2 aromatic carbocycles. The molecule has 31 heavy (non-hydrogen) atoms. The van der Waals surface area contributed by atoms with Gasteiger partial charge < -0.3 is 9.80 Å². The molecule has 3 rings (SSSR count). The van der Waals surface area contributed by atoms with Gasteiger partial charge in [-0.25, -0.2) is 8.42 Å². The van der Waals surface area contributed by atoms with Crippen molar-refractivity contribution in [2.24, 2.45) is 5.92 Å². The van der Waals surface area contributed by atoms with E-state index in [1.807, 2.05) is 50.2 Å². The Hall–Kier alpha value is -2.09. The SMILES string of the molecule is CC1CCCN(S(=O)(=O)c2cc(C(=O)N(C)Cc3ccc(N(C)C)cc3)ccc2Cl)C1. The lowest BCUT2D eigenvalue weighted by Crippen LogP contribution is -2.39. The number of rotatable bonds is 6. The van der Waals surface area contributed by atoms with Gasteiger partial charge in [0, 0.05) is 52.0 Å². The van der Waals surface area contributed by atoms with Gasteiger partial charge in [-0.3, -0.25) is 4.79 Å². The predicted molar refractivity (Wildman–Crippen MR) is 125 cm³/mol. The number of piperidine rings is 1. The fourth-order valence-electron chi connectivity index (χ4n) is 3.80. The van der Waals surface area contributed by atoms with Gasteiger partial charge in [0.25, 0.3) is 5.91 Å². The lowest BCUT2D eigenvalue weighted by molar-refractivity contribution is 0.0785. The Kier molecular flexibility index (Phi) is 7.29. The minimum atomic E-state index is -3.75. The Bertz CT molecular complexity index is 1040. The van der Waals surface area contributed by atoms with E-state index >= 15 is 0 Å². The number of nitrogens with zero attached hydrogens (tertiary/aromatic N) is 3. The van der Waals surface area contributed by atoms with Crippen LogP contribution in [0.15, 0.2) is 47.4 Å². The molecule has 0 aromatic heterocycles. The van der Waals surface area contributed by atoms with Crippen LogP contribution in [0.2, 0.25) is 5.02 Å². The quantitative estimate of drug-likeness (QED) is 0.647. The van der Waals surface area contributed by atoms with Crippen LogP contribution in [0.5, 0.6) is 0 Å². The van der Waals surface area contributed by atoms with E-state index in [-0.39, 0.29) is 15.8 Å². The summed E-state index contributed by atoms with van der Waals surface area (Å²) in [7, 11) is 1.90. The Morgan fingerprint density at radius 1 is 1.13 bits per heavy atom. The summed E-state index contributed by atoms with van der Waals surface area (Å²) in [5.41, 5.74) is 2.38. The highest BCUT2D eigenvalue weighted by atomic mass is 35.5. The van der Waals surface area contributed by atoms with Crippen LogP contribution in [0.4, 0.5) is 5.69 Å². The molecule has 0 bridgehead atoms. The van der Waals surface area contributed by atoms with Crippen LogP contribution in [0, 0.1) is 5.92 Å². The molecule has 0 radical (unpaired) electrons. The normalized spacial score (nSPS) is 17.4. The van der Waals surface area contributed by atoms with Crippen molar-refractivity contribution in [2.75, 3.05) is 39.1 Å². The van der Waals surface area contributed by atoms with E-state index < -0.39 is 10.0 Å². The fourth-order valence-corrected chi connectivity index (χ4v) is 5.90. The number of carbonyl (C=O) groups is 1. The smallest absolute Gasteiger partial charge is 0.253 e. The molecule has 1 saturated heterocycles. The maximum atomic E-state index is 13.2. The lowest BCUT2D eigenvalue weighted by atomic mass is 10.0. The van der Waals surface area contributed by atoms with Crippen LogP contribution in [0.3, 0.4) is 0 Å². The number of sulfonamides is 1. The summed E-state index contributed by atoms with van der Waals surface area (Å²) >= 11 is 6.26. The van der Waals surface area contributed by atoms with E-state index in [0.717, 1.165) is 24.1 Å². The standard InChI is InChI=1S/C23H30ClN3O3S/c1-17-6-5-13-27(15-17)31(29,30)22-14-19(9-12-21(22)24)23(28)26(4)16-18-7-10-20(11-8-18)25(2)3/h7-12,14,17H,5-6,13,15-16H2,1-4H3. The van der Waals surface area contributed by atoms with Gasteiger partial charge in [-0.2, -0.15) is 4.31 Å². The van der Waals surface area contributed by atoms with Gasteiger partial charge in [-0.05, 0) is 54.7 Å². The number of hydrogen-bond donors (Lipinski definition) is 0. The van der Waals surface area contributed by atoms with Gasteiger partial charge in [0.1, 0.15) is 4.90 Å². The molecular formula is C23H30ClN3O3S. The number of benzene rings is 2. The van der Waals surface area contributed by atoms with E-state index in [1.54, 1.807) is 18.0 Å². The maximum absolute atomic E-state index is 13.2. The largest absolute Gasteiger partial charge is 0.378 e. The highest BCUT2D eigenvalue weighted by molar-refractivity contribution is 7.89. The zero-order chi connectivity index (χ0) is 22.8. The van der Waals surface area contributed by atoms with E-state index in [2.05, 4.69) is 0 Å². The summed E-state index contributed by atoms with van der Waals surface area (Å²) in [4.78, 5) is 16.6. The van der Waals surface area contributed by atoms with Crippen LogP contribution >= 0.6 is 11.6 Å². The van der Waals surface area contributed by atoms with Gasteiger partial charge in [0.15, 0.2) is 0 Å². The number of carbonyl (C=O) groups excluding carboxylic acids is 1. The second-order valence-corrected chi connectivity index (χ2v) is 10.8. The third-order valence-corrected chi connectivity index (χ3v) is 7.98. The molecule has 0 spiro atoms. The summed E-state index contributed by atoms with van der Waals surface area (Å²) < 4.78 is 27.9. The third kappa shape index (κ3) is 5.40. The Morgan fingerprint density at radius 2 is 1.81 bits per heavy atom. The van der Waals surface area contributed by atoms with Gasteiger partial charge in [0.2, 0.25) is 10.0 Å². The second kappa shape index (κ2) is 9.59. The fraction of sp³-hybridized carbons (Fsp3) is 0.435. The van der Waals surface area contributed by atoms with Crippen LogP contribution in [-0.2, 0) is 16.6 Å². The van der Waals surface area contributed by atoms with Crippen molar-refractivity contribution in [3.63, 3.8) is 0 Å². The molecule has 1 amide bonds. The first-order valence-electron chi connectivity index (χ1n) is 10.4. The summed E-state index contributed by atoms with van der Waals surface area (Å²) in [5.74, 6) is 0.0500. The van der Waals surface area contributed by atoms with Crippen molar-refractivity contribution in [3.8, 4) is 0 Å². The molecular weight excluding hydrogens is 434 g/mol. The molecule has 1 aliphatic rings. The summed E-state index contributed by atoms with van der Waals surface area (Å²) in [6, 6.07) is 12.4. The molecule has 1 heterocycles. The van der Waals surface area contributed by atoms with Crippen molar-refractivity contribution in [1.29, 1.82) is 0 Å². The Balaban J connectivity index is 1.80. The van der Waals surface area contributed by atoms with E-state index in [0.29, 0.717) is 31.1 Å². The van der Waals surface area contributed by atoms with E-state index in [9.17, 15) is 13.2 Å². The molecule has 1 aliphatic heterocycles. The first-order chi connectivity index (χ1) is 14.6. The van der Waals surface area contributed by atoms with Crippen molar-refractivity contribution in [1.82, 2.24) is 9.21 Å². The number of halogens is 1. The van der Waals surface area contributed by atoms with Crippen LogP contribution in [0.1, 0.15) is 35.7 Å².